The summed E-state index contributed by atoms with van der Waals surface area (Å²) in [5, 5.41) is 0. The Morgan fingerprint density at radius 3 is 2.67 bits per heavy atom. The zero-order valence-electron chi connectivity index (χ0n) is 12.3. The maximum atomic E-state index is 11.4. The summed E-state index contributed by atoms with van der Waals surface area (Å²) >= 11 is 0. The lowest BCUT2D eigenvalue weighted by Crippen LogP contribution is -2.16. The van der Waals surface area contributed by atoms with Gasteiger partial charge in [-0.25, -0.2) is 4.79 Å². The number of carbonyl (C=O) groups is 1. The van der Waals surface area contributed by atoms with Crippen LogP contribution in [0.3, 0.4) is 0 Å². The molecular weight excluding hydrogens is 264 g/mol. The van der Waals surface area contributed by atoms with Gasteiger partial charge in [-0.3, -0.25) is 0 Å². The average Bonchev–Trinajstić information content (AvgIpc) is 2.55. The topological polar surface area (TPSA) is 35.5 Å². The molecule has 3 rings (SSSR count). The fourth-order valence-electron chi connectivity index (χ4n) is 3.30. The highest BCUT2D eigenvalue weighted by molar-refractivity contribution is 5.61. The van der Waals surface area contributed by atoms with E-state index in [-0.39, 0.29) is 5.92 Å². The largest absolute Gasteiger partial charge is 0.513 e. The molecule has 1 aromatic carbocycles. The smallest absolute Gasteiger partial charge is 0.437 e. The molecule has 0 bridgehead atoms. The highest BCUT2D eigenvalue weighted by Gasteiger charge is 2.27. The van der Waals surface area contributed by atoms with Crippen LogP contribution in [-0.2, 0) is 9.47 Å². The standard InChI is InChI=1S/C18H20O3/c1-20-18(19)21-15-11-14-9-5-6-10-16(14)17(12-15)13-7-3-2-4-8-13/h2-4,7-8,12,17H,5-6,9-11H2,1H3. The van der Waals surface area contributed by atoms with Gasteiger partial charge in [-0.15, -0.1) is 0 Å². The molecule has 0 saturated heterocycles. The highest BCUT2D eigenvalue weighted by Crippen LogP contribution is 2.43. The normalized spacial score (nSPS) is 21.4. The van der Waals surface area contributed by atoms with E-state index in [1.54, 1.807) is 0 Å². The predicted molar refractivity (Wildman–Crippen MR) is 80.9 cm³/mol. The third-order valence-corrected chi connectivity index (χ3v) is 4.28. The number of allylic oxidation sites excluding steroid dienone is 3. The number of ether oxygens (including phenoxy) is 2. The van der Waals surface area contributed by atoms with Crippen molar-refractivity contribution in [1.29, 1.82) is 0 Å². The van der Waals surface area contributed by atoms with Gasteiger partial charge in [-0.2, -0.15) is 0 Å². The molecular formula is C18H20O3. The molecule has 0 heterocycles. The van der Waals surface area contributed by atoms with Crippen LogP contribution in [0.1, 0.15) is 43.6 Å². The van der Waals surface area contributed by atoms with Crippen molar-refractivity contribution in [2.75, 3.05) is 7.11 Å². The molecule has 0 radical (unpaired) electrons. The van der Waals surface area contributed by atoms with Gasteiger partial charge >= 0.3 is 6.16 Å². The van der Waals surface area contributed by atoms with Crippen LogP contribution < -0.4 is 0 Å². The molecule has 0 aliphatic heterocycles. The van der Waals surface area contributed by atoms with Gasteiger partial charge in [-0.1, -0.05) is 41.5 Å². The monoisotopic (exact) mass is 284 g/mol. The first-order valence-corrected chi connectivity index (χ1v) is 7.50. The molecule has 2 aliphatic carbocycles. The first-order chi connectivity index (χ1) is 10.3. The summed E-state index contributed by atoms with van der Waals surface area (Å²) in [7, 11) is 1.34. The van der Waals surface area contributed by atoms with E-state index in [0.717, 1.165) is 25.0 Å². The first-order valence-electron chi connectivity index (χ1n) is 7.50. The van der Waals surface area contributed by atoms with Crippen molar-refractivity contribution in [3.8, 4) is 0 Å². The minimum Gasteiger partial charge on any atom is -0.437 e. The molecule has 0 N–H and O–H groups in total. The van der Waals surface area contributed by atoms with Crippen LogP contribution in [0.5, 0.6) is 0 Å². The summed E-state index contributed by atoms with van der Waals surface area (Å²) in [6.07, 6.45) is 6.93. The van der Waals surface area contributed by atoms with E-state index < -0.39 is 6.16 Å². The fourth-order valence-corrected chi connectivity index (χ4v) is 3.30. The van der Waals surface area contributed by atoms with E-state index in [4.69, 9.17) is 4.74 Å². The molecule has 0 spiro atoms. The van der Waals surface area contributed by atoms with Gasteiger partial charge < -0.3 is 9.47 Å². The van der Waals surface area contributed by atoms with Crippen LogP contribution in [0, 0.1) is 0 Å². The lowest BCUT2D eigenvalue weighted by Gasteiger charge is -2.30. The Morgan fingerprint density at radius 2 is 1.90 bits per heavy atom. The molecule has 2 aliphatic rings. The fraction of sp³-hybridized carbons (Fsp3) is 0.389. The number of rotatable bonds is 2. The Bertz CT molecular complexity index is 584. The van der Waals surface area contributed by atoms with Crippen LogP contribution >= 0.6 is 0 Å². The van der Waals surface area contributed by atoms with Crippen LogP contribution in [0.15, 0.2) is 53.3 Å². The minimum absolute atomic E-state index is 0.231. The van der Waals surface area contributed by atoms with Crippen molar-refractivity contribution in [3.63, 3.8) is 0 Å². The van der Waals surface area contributed by atoms with E-state index >= 15 is 0 Å². The summed E-state index contributed by atoms with van der Waals surface area (Å²) in [5.41, 5.74) is 4.22. The third-order valence-electron chi connectivity index (χ3n) is 4.28. The van der Waals surface area contributed by atoms with Crippen molar-refractivity contribution >= 4 is 6.16 Å². The first kappa shape index (κ1) is 13.9. The van der Waals surface area contributed by atoms with E-state index in [1.165, 1.54) is 36.7 Å². The predicted octanol–water partition coefficient (Wildman–Crippen LogP) is 4.71. The highest BCUT2D eigenvalue weighted by atomic mass is 16.7. The number of hydrogen-bond donors (Lipinski definition) is 0. The number of carbonyl (C=O) groups excluding carboxylic acids is 1. The average molecular weight is 284 g/mol. The van der Waals surface area contributed by atoms with Gasteiger partial charge in [0.2, 0.25) is 0 Å². The maximum Gasteiger partial charge on any atom is 0.513 e. The van der Waals surface area contributed by atoms with Gasteiger partial charge in [0.05, 0.1) is 7.11 Å². The number of hydrogen-bond acceptors (Lipinski definition) is 3. The molecule has 0 aromatic heterocycles. The molecule has 110 valence electrons. The van der Waals surface area contributed by atoms with Crippen molar-refractivity contribution < 1.29 is 14.3 Å². The van der Waals surface area contributed by atoms with Crippen molar-refractivity contribution in [2.24, 2.45) is 0 Å². The zero-order chi connectivity index (χ0) is 14.7. The minimum atomic E-state index is -0.632. The molecule has 3 nitrogen and oxygen atoms in total. The Morgan fingerprint density at radius 1 is 1.14 bits per heavy atom. The summed E-state index contributed by atoms with van der Waals surface area (Å²) in [4.78, 5) is 11.4. The summed E-state index contributed by atoms with van der Waals surface area (Å²) in [6, 6.07) is 10.4. The van der Waals surface area contributed by atoms with Gasteiger partial charge in [0, 0.05) is 12.3 Å². The number of methoxy groups -OCH3 is 1. The SMILES string of the molecule is COC(=O)OC1=CC(c2ccccc2)C2=C(CCCC2)C1. The third kappa shape index (κ3) is 3.02. The molecule has 3 heteroatoms. The Labute approximate surface area is 125 Å². The maximum absolute atomic E-state index is 11.4. The second-order valence-corrected chi connectivity index (χ2v) is 5.59. The lowest BCUT2D eigenvalue weighted by molar-refractivity contribution is 0.0948. The quantitative estimate of drug-likeness (QED) is 0.582. The second-order valence-electron chi connectivity index (χ2n) is 5.59. The zero-order valence-corrected chi connectivity index (χ0v) is 12.3. The van der Waals surface area contributed by atoms with Gasteiger partial charge in [0.1, 0.15) is 5.76 Å². The summed E-state index contributed by atoms with van der Waals surface area (Å²) in [5.74, 6) is 0.950. The summed E-state index contributed by atoms with van der Waals surface area (Å²) in [6.45, 7) is 0. The van der Waals surface area contributed by atoms with Crippen molar-refractivity contribution in [2.45, 2.75) is 38.0 Å². The van der Waals surface area contributed by atoms with E-state index in [9.17, 15) is 4.79 Å². The van der Waals surface area contributed by atoms with E-state index in [1.807, 2.05) is 6.07 Å². The van der Waals surface area contributed by atoms with E-state index in [0.29, 0.717) is 0 Å². The Balaban J connectivity index is 1.93. The molecule has 1 atom stereocenters. The van der Waals surface area contributed by atoms with Crippen molar-refractivity contribution in [3.05, 3.63) is 58.9 Å². The Kier molecular flexibility index (Phi) is 4.09. The van der Waals surface area contributed by atoms with Gasteiger partial charge in [-0.05, 0) is 37.3 Å². The molecule has 0 fully saturated rings. The second kappa shape index (κ2) is 6.17. The van der Waals surface area contributed by atoms with Gasteiger partial charge in [0.15, 0.2) is 0 Å². The number of benzene rings is 1. The Hall–Kier alpha value is -2.03. The molecule has 1 aromatic rings. The lowest BCUT2D eigenvalue weighted by atomic mass is 9.76. The molecule has 21 heavy (non-hydrogen) atoms. The van der Waals surface area contributed by atoms with Gasteiger partial charge in [0.25, 0.3) is 0 Å². The molecule has 0 saturated carbocycles. The van der Waals surface area contributed by atoms with Crippen LogP contribution in [0.2, 0.25) is 0 Å². The van der Waals surface area contributed by atoms with Crippen LogP contribution in [0.25, 0.3) is 0 Å². The van der Waals surface area contributed by atoms with E-state index in [2.05, 4.69) is 35.1 Å². The summed E-state index contributed by atoms with van der Waals surface area (Å²) < 4.78 is 9.92. The molecule has 1 unspecified atom stereocenters. The van der Waals surface area contributed by atoms with Crippen molar-refractivity contribution in [1.82, 2.24) is 0 Å². The van der Waals surface area contributed by atoms with Crippen LogP contribution in [-0.4, -0.2) is 13.3 Å². The molecule has 0 amide bonds. The van der Waals surface area contributed by atoms with Crippen LogP contribution in [0.4, 0.5) is 4.79 Å².